The minimum atomic E-state index is -0.858. The van der Waals surface area contributed by atoms with Crippen LogP contribution in [0.4, 0.5) is 0 Å². The van der Waals surface area contributed by atoms with Gasteiger partial charge >= 0.3 is 5.97 Å². The van der Waals surface area contributed by atoms with Gasteiger partial charge in [-0.15, -0.1) is 0 Å². The highest BCUT2D eigenvalue weighted by atomic mass is 16.5. The summed E-state index contributed by atoms with van der Waals surface area (Å²) in [6.45, 7) is 2.52. The van der Waals surface area contributed by atoms with E-state index in [1.807, 2.05) is 37.3 Å². The summed E-state index contributed by atoms with van der Waals surface area (Å²) in [6.07, 6.45) is 1.18. The number of rotatable bonds is 8. The zero-order valence-corrected chi connectivity index (χ0v) is 12.1. The van der Waals surface area contributed by atoms with Gasteiger partial charge in [-0.2, -0.15) is 0 Å². The normalized spacial score (nSPS) is 21.6. The molecule has 2 N–H and O–H groups in total. The molecule has 0 radical (unpaired) electrons. The van der Waals surface area contributed by atoms with Crippen molar-refractivity contribution in [3.63, 3.8) is 0 Å². The predicted octanol–water partition coefficient (Wildman–Crippen LogP) is 2.13. The predicted molar refractivity (Wildman–Crippen MR) is 77.7 cm³/mol. The van der Waals surface area contributed by atoms with E-state index < -0.39 is 5.97 Å². The summed E-state index contributed by atoms with van der Waals surface area (Å²) in [4.78, 5) is 23.0. The number of carbonyl (C=O) groups excluding carboxylic acids is 1. The molecule has 1 aliphatic rings. The first-order valence-corrected chi connectivity index (χ1v) is 7.30. The van der Waals surface area contributed by atoms with Crippen molar-refractivity contribution >= 4 is 11.9 Å². The van der Waals surface area contributed by atoms with E-state index in [0.717, 1.165) is 12.0 Å². The third kappa shape index (κ3) is 4.56. The van der Waals surface area contributed by atoms with Crippen LogP contribution in [0.3, 0.4) is 0 Å². The third-order valence-corrected chi connectivity index (χ3v) is 3.61. The Labute approximate surface area is 124 Å². The van der Waals surface area contributed by atoms with Gasteiger partial charge in [-0.1, -0.05) is 30.3 Å². The average molecular weight is 291 g/mol. The highest BCUT2D eigenvalue weighted by Crippen LogP contribution is 2.34. The molecule has 0 aliphatic heterocycles. The van der Waals surface area contributed by atoms with Crippen molar-refractivity contribution in [2.75, 3.05) is 6.61 Å². The minimum Gasteiger partial charge on any atom is -0.481 e. The summed E-state index contributed by atoms with van der Waals surface area (Å²) < 4.78 is 5.42. The second-order valence-electron chi connectivity index (χ2n) is 5.24. The molecular weight excluding hydrogens is 270 g/mol. The van der Waals surface area contributed by atoms with Crippen molar-refractivity contribution in [1.82, 2.24) is 5.32 Å². The van der Waals surface area contributed by atoms with Crippen molar-refractivity contribution < 1.29 is 19.4 Å². The summed E-state index contributed by atoms with van der Waals surface area (Å²) in [5.41, 5.74) is 0.931. The lowest BCUT2D eigenvalue weighted by Gasteiger charge is -2.18. The lowest BCUT2D eigenvalue weighted by atomic mass is 10.0. The molecule has 5 nitrogen and oxygen atoms in total. The minimum absolute atomic E-state index is 0.0193. The first kappa shape index (κ1) is 15.5. The molecule has 1 aromatic rings. The van der Waals surface area contributed by atoms with Crippen LogP contribution < -0.4 is 5.32 Å². The maximum absolute atomic E-state index is 12.2. The number of carboxylic acids is 1. The highest BCUT2D eigenvalue weighted by Gasteiger charge is 2.44. The van der Waals surface area contributed by atoms with Crippen LogP contribution in [0.5, 0.6) is 0 Å². The molecule has 1 fully saturated rings. The second kappa shape index (κ2) is 7.22. The molecule has 0 aromatic heterocycles. The number of carboxylic acid groups (broad SMARTS) is 1. The number of hydrogen-bond acceptors (Lipinski definition) is 3. The zero-order chi connectivity index (χ0) is 15.2. The highest BCUT2D eigenvalue weighted by molar-refractivity contribution is 5.82. The van der Waals surface area contributed by atoms with Gasteiger partial charge in [0.2, 0.25) is 5.91 Å². The molecule has 1 saturated carbocycles. The first-order chi connectivity index (χ1) is 10.1. The molecule has 21 heavy (non-hydrogen) atoms. The van der Waals surface area contributed by atoms with Crippen LogP contribution in [0.15, 0.2) is 30.3 Å². The van der Waals surface area contributed by atoms with Crippen LogP contribution >= 0.6 is 0 Å². The van der Waals surface area contributed by atoms with E-state index in [1.54, 1.807) is 0 Å². The smallest absolute Gasteiger partial charge is 0.303 e. The number of hydrogen-bond donors (Lipinski definition) is 2. The summed E-state index contributed by atoms with van der Waals surface area (Å²) in [6, 6.07) is 9.20. The topological polar surface area (TPSA) is 75.6 Å². The zero-order valence-electron chi connectivity index (χ0n) is 12.1. The van der Waals surface area contributed by atoms with Crippen LogP contribution in [-0.2, 0) is 14.3 Å². The number of carbonyl (C=O) groups is 2. The Hall–Kier alpha value is -1.88. The van der Waals surface area contributed by atoms with Crippen LogP contribution in [-0.4, -0.2) is 29.7 Å². The van der Waals surface area contributed by atoms with Crippen molar-refractivity contribution in [2.24, 2.45) is 5.92 Å². The first-order valence-electron chi connectivity index (χ1n) is 7.30. The maximum atomic E-state index is 12.2. The maximum Gasteiger partial charge on any atom is 0.303 e. The number of amides is 1. The third-order valence-electron chi connectivity index (χ3n) is 3.61. The van der Waals surface area contributed by atoms with Gasteiger partial charge in [-0.25, -0.2) is 0 Å². The van der Waals surface area contributed by atoms with E-state index in [0.29, 0.717) is 13.0 Å². The molecule has 0 saturated heterocycles. The van der Waals surface area contributed by atoms with Gasteiger partial charge in [0, 0.05) is 13.0 Å². The van der Waals surface area contributed by atoms with E-state index in [1.165, 1.54) is 0 Å². The number of ether oxygens (including phenoxy) is 1. The van der Waals surface area contributed by atoms with E-state index in [9.17, 15) is 9.59 Å². The van der Waals surface area contributed by atoms with Gasteiger partial charge in [0.05, 0.1) is 18.1 Å². The Morgan fingerprint density at radius 1 is 1.38 bits per heavy atom. The summed E-state index contributed by atoms with van der Waals surface area (Å²) in [5.74, 6) is -1.00. The Morgan fingerprint density at radius 3 is 2.71 bits per heavy atom. The molecule has 1 amide bonds. The van der Waals surface area contributed by atoms with Crippen molar-refractivity contribution in [3.05, 3.63) is 35.9 Å². The summed E-state index contributed by atoms with van der Waals surface area (Å²) in [7, 11) is 0. The molecular formula is C16H21NO4. The Balaban J connectivity index is 1.96. The number of nitrogens with one attached hydrogen (secondary N) is 1. The van der Waals surface area contributed by atoms with Crippen molar-refractivity contribution in [2.45, 2.75) is 38.3 Å². The SMILES string of the molecule is CCO[C@@H]1C[C@H]1C(=O)N[C@H](CCC(=O)O)c1ccccc1. The van der Waals surface area contributed by atoms with Gasteiger partial charge in [-0.3, -0.25) is 9.59 Å². The molecule has 114 valence electrons. The summed E-state index contributed by atoms with van der Waals surface area (Å²) in [5, 5.41) is 11.8. The molecule has 1 aliphatic carbocycles. The van der Waals surface area contributed by atoms with E-state index in [-0.39, 0.29) is 30.4 Å². The van der Waals surface area contributed by atoms with Crippen molar-refractivity contribution in [3.8, 4) is 0 Å². The molecule has 3 atom stereocenters. The molecule has 1 aromatic carbocycles. The van der Waals surface area contributed by atoms with Gasteiger partial charge in [-0.05, 0) is 25.3 Å². The van der Waals surface area contributed by atoms with Gasteiger partial charge in [0.25, 0.3) is 0 Å². The molecule has 0 heterocycles. The Bertz CT molecular complexity index is 488. The number of benzene rings is 1. The fourth-order valence-corrected chi connectivity index (χ4v) is 2.40. The standard InChI is InChI=1S/C16H21NO4/c1-2-21-14-10-12(14)16(20)17-13(8-9-15(18)19)11-6-4-3-5-7-11/h3-7,12-14H,2,8-10H2,1H3,(H,17,20)(H,18,19)/t12-,13-,14-/m1/s1. The van der Waals surface area contributed by atoms with Gasteiger partial charge < -0.3 is 15.2 Å². The van der Waals surface area contributed by atoms with Crippen LogP contribution in [0, 0.1) is 5.92 Å². The monoisotopic (exact) mass is 291 g/mol. The fraction of sp³-hybridized carbons (Fsp3) is 0.500. The molecule has 0 unspecified atom stereocenters. The Kier molecular flexibility index (Phi) is 5.33. The quantitative estimate of drug-likeness (QED) is 0.769. The molecule has 5 heteroatoms. The van der Waals surface area contributed by atoms with Gasteiger partial charge in [0.15, 0.2) is 0 Å². The number of aliphatic carboxylic acids is 1. The summed E-state index contributed by atoms with van der Waals surface area (Å²) >= 11 is 0. The van der Waals surface area contributed by atoms with Crippen molar-refractivity contribution in [1.29, 1.82) is 0 Å². The largest absolute Gasteiger partial charge is 0.481 e. The molecule has 0 bridgehead atoms. The average Bonchev–Trinajstić information content (AvgIpc) is 3.24. The lowest BCUT2D eigenvalue weighted by Crippen LogP contribution is -2.31. The Morgan fingerprint density at radius 2 is 2.10 bits per heavy atom. The van der Waals surface area contributed by atoms with E-state index >= 15 is 0 Å². The van der Waals surface area contributed by atoms with Gasteiger partial charge in [0.1, 0.15) is 0 Å². The van der Waals surface area contributed by atoms with E-state index in [2.05, 4.69) is 5.32 Å². The lowest BCUT2D eigenvalue weighted by molar-refractivity contribution is -0.137. The van der Waals surface area contributed by atoms with Crippen LogP contribution in [0.25, 0.3) is 0 Å². The molecule has 0 spiro atoms. The van der Waals surface area contributed by atoms with Crippen LogP contribution in [0.2, 0.25) is 0 Å². The molecule has 2 rings (SSSR count). The van der Waals surface area contributed by atoms with Crippen LogP contribution in [0.1, 0.15) is 37.8 Å². The second-order valence-corrected chi connectivity index (χ2v) is 5.24. The van der Waals surface area contributed by atoms with E-state index in [4.69, 9.17) is 9.84 Å². The fourth-order valence-electron chi connectivity index (χ4n) is 2.40.